The van der Waals surface area contributed by atoms with Gasteiger partial charge in [-0.3, -0.25) is 9.59 Å². The van der Waals surface area contributed by atoms with Crippen molar-refractivity contribution in [1.29, 1.82) is 0 Å². The predicted octanol–water partition coefficient (Wildman–Crippen LogP) is 5.73. The summed E-state index contributed by atoms with van der Waals surface area (Å²) >= 11 is 9.85. The van der Waals surface area contributed by atoms with E-state index in [1.807, 2.05) is 36.4 Å². The Labute approximate surface area is 257 Å². The maximum Gasteiger partial charge on any atom is 0.237 e. The molecule has 1 saturated carbocycles. The third kappa shape index (κ3) is 6.17. The van der Waals surface area contributed by atoms with Crippen LogP contribution in [0.3, 0.4) is 0 Å². The molecule has 3 N–H and O–H groups in total. The van der Waals surface area contributed by atoms with Crippen molar-refractivity contribution in [1.82, 2.24) is 4.90 Å². The second kappa shape index (κ2) is 12.1. The summed E-state index contributed by atoms with van der Waals surface area (Å²) in [6, 6.07) is 12.7. The number of likely N-dealkylation sites (tertiary alicyclic amines) is 1. The van der Waals surface area contributed by atoms with E-state index in [9.17, 15) is 19.8 Å². The largest absolute Gasteiger partial charge is 0.394 e. The van der Waals surface area contributed by atoms with Crippen LogP contribution in [0.4, 0.5) is 5.69 Å². The third-order valence-corrected chi connectivity index (χ3v) is 12.6. The molecule has 7 nitrogen and oxygen atoms in total. The predicted molar refractivity (Wildman–Crippen MR) is 169 cm³/mol. The monoisotopic (exact) mass is 664 g/mol. The lowest BCUT2D eigenvalue weighted by Crippen LogP contribution is -2.67. The van der Waals surface area contributed by atoms with Crippen LogP contribution in [-0.4, -0.2) is 73.1 Å². The zero-order valence-corrected chi connectivity index (χ0v) is 28.1. The third-order valence-electron chi connectivity index (χ3n) is 9.18. The minimum absolute atomic E-state index is 0.0151. The van der Waals surface area contributed by atoms with Gasteiger partial charge in [0.25, 0.3) is 0 Å². The lowest BCUT2D eigenvalue weighted by Gasteiger charge is -2.54. The van der Waals surface area contributed by atoms with Crippen molar-refractivity contribution in [3.8, 4) is 0 Å². The standard InChI is InChI=1S/C25H26BrClN2O4.C6H16OSi/c1-24(7-8-24)22-25(18-6-5-15(26)10-20(18)28-23(25)33)19(14-3-2-4-16(27)9-14)11-21(32)29(22)12-17(31)13-30;1-6(7-2)8(3,4)5/h2-6,9-10,17,19,22,30-31H,7-8,11-13H2,1H3,(H,28,33);6H,1-5H3. The Morgan fingerprint density at radius 3 is 2.41 bits per heavy atom. The number of aliphatic hydroxyl groups is 2. The highest BCUT2D eigenvalue weighted by atomic mass is 79.9. The number of anilines is 1. The first-order chi connectivity index (χ1) is 19.2. The number of hydrogen-bond donors (Lipinski definition) is 3. The molecule has 5 unspecified atom stereocenters. The van der Waals surface area contributed by atoms with Crippen molar-refractivity contribution in [3.63, 3.8) is 0 Å². The summed E-state index contributed by atoms with van der Waals surface area (Å²) in [6.07, 6.45) is 0.778. The Bertz CT molecular complexity index is 1300. The molecule has 3 aliphatic rings. The number of nitrogens with zero attached hydrogens (tertiary/aromatic N) is 1. The summed E-state index contributed by atoms with van der Waals surface area (Å²) in [5, 5.41) is 23.5. The van der Waals surface area contributed by atoms with E-state index in [1.165, 1.54) is 0 Å². The number of fused-ring (bicyclic) bond motifs is 2. The molecule has 1 saturated heterocycles. The van der Waals surface area contributed by atoms with E-state index in [2.05, 4.69) is 54.7 Å². The number of hydrogen-bond acceptors (Lipinski definition) is 5. The van der Waals surface area contributed by atoms with E-state index < -0.39 is 38.2 Å². The Balaban J connectivity index is 0.000000426. The Morgan fingerprint density at radius 1 is 1.20 bits per heavy atom. The number of β-amino-alcohol motifs (C(OH)–C–C–N with tert-alkyl or cyclic N) is 1. The van der Waals surface area contributed by atoms with E-state index >= 15 is 0 Å². The van der Waals surface area contributed by atoms with E-state index in [-0.39, 0.29) is 30.2 Å². The molecule has 5 rings (SSSR count). The second-order valence-corrected chi connectivity index (χ2v) is 19.9. The van der Waals surface area contributed by atoms with Crippen molar-refractivity contribution in [2.24, 2.45) is 5.41 Å². The molecule has 1 spiro atoms. The van der Waals surface area contributed by atoms with Crippen LogP contribution in [0.25, 0.3) is 0 Å². The van der Waals surface area contributed by atoms with Crippen LogP contribution in [0.2, 0.25) is 24.7 Å². The molecule has 2 fully saturated rings. The fourth-order valence-corrected chi connectivity index (χ4v) is 7.59. The Hall–Kier alpha value is -1.75. The van der Waals surface area contributed by atoms with Crippen LogP contribution in [0.15, 0.2) is 46.9 Å². The van der Waals surface area contributed by atoms with Gasteiger partial charge in [0.05, 0.1) is 26.8 Å². The Kier molecular flexibility index (Phi) is 9.49. The van der Waals surface area contributed by atoms with Gasteiger partial charge >= 0.3 is 0 Å². The number of methoxy groups -OCH3 is 1. The smallest absolute Gasteiger partial charge is 0.237 e. The lowest BCUT2D eigenvalue weighted by atomic mass is 9.56. The minimum atomic E-state index is -1.08. The van der Waals surface area contributed by atoms with Crippen LogP contribution in [0, 0.1) is 5.41 Å². The Morgan fingerprint density at radius 2 is 1.88 bits per heavy atom. The van der Waals surface area contributed by atoms with Gasteiger partial charge in [0, 0.05) is 46.9 Å². The van der Waals surface area contributed by atoms with Crippen molar-refractivity contribution < 1.29 is 24.5 Å². The lowest BCUT2D eigenvalue weighted by molar-refractivity contribution is -0.151. The van der Waals surface area contributed by atoms with Crippen molar-refractivity contribution in [2.75, 3.05) is 25.6 Å². The number of piperidine rings is 1. The summed E-state index contributed by atoms with van der Waals surface area (Å²) in [4.78, 5) is 29.3. The average molecular weight is 666 g/mol. The fraction of sp³-hybridized carbons (Fsp3) is 0.548. The fourth-order valence-electron chi connectivity index (χ4n) is 6.33. The first-order valence-corrected chi connectivity index (χ1v) is 18.9. The SMILES string of the molecule is CC1(C2N(CC(O)CO)C(=O)CC(c3cccc(Cl)c3)C23C(=O)Nc2cc(Br)ccc23)CC1.COC(C)[Si](C)(C)C. The van der Waals surface area contributed by atoms with Crippen LogP contribution in [0.5, 0.6) is 0 Å². The van der Waals surface area contributed by atoms with Crippen LogP contribution >= 0.6 is 27.5 Å². The van der Waals surface area contributed by atoms with Gasteiger partial charge in [-0.2, -0.15) is 0 Å². The van der Waals surface area contributed by atoms with Crippen molar-refractivity contribution in [3.05, 3.63) is 63.1 Å². The zero-order valence-electron chi connectivity index (χ0n) is 24.7. The van der Waals surface area contributed by atoms with E-state index in [4.69, 9.17) is 16.3 Å². The van der Waals surface area contributed by atoms with Gasteiger partial charge in [0.2, 0.25) is 11.8 Å². The molecule has 2 heterocycles. The van der Waals surface area contributed by atoms with Crippen LogP contribution < -0.4 is 5.32 Å². The quantitative estimate of drug-likeness (QED) is 0.328. The van der Waals surface area contributed by atoms with E-state index in [0.717, 1.165) is 34.1 Å². The highest BCUT2D eigenvalue weighted by molar-refractivity contribution is 9.10. The molecular formula is C31H42BrClN2O5Si. The molecule has 5 atom stereocenters. The van der Waals surface area contributed by atoms with Crippen molar-refractivity contribution >= 4 is 53.1 Å². The number of carbonyl (C=O) groups is 2. The summed E-state index contributed by atoms with van der Waals surface area (Å²) in [6.45, 7) is 10.7. The zero-order chi connectivity index (χ0) is 30.3. The molecule has 10 heteroatoms. The average Bonchev–Trinajstić information content (AvgIpc) is 3.59. The molecule has 0 aromatic heterocycles. The summed E-state index contributed by atoms with van der Waals surface area (Å²) in [5.74, 6) is -0.694. The number of aliphatic hydroxyl groups excluding tert-OH is 2. The number of carbonyl (C=O) groups excluding carboxylic acids is 2. The van der Waals surface area contributed by atoms with Gasteiger partial charge in [-0.05, 0) is 60.6 Å². The summed E-state index contributed by atoms with van der Waals surface area (Å²) in [7, 11) is 0.798. The molecule has 224 valence electrons. The maximum absolute atomic E-state index is 14.1. The summed E-state index contributed by atoms with van der Waals surface area (Å²) < 4.78 is 6.03. The van der Waals surface area contributed by atoms with Crippen LogP contribution in [0.1, 0.15) is 50.2 Å². The number of amides is 2. The molecule has 0 bridgehead atoms. The number of rotatable bonds is 7. The van der Waals surface area contributed by atoms with Gasteiger partial charge in [-0.25, -0.2) is 0 Å². The molecule has 2 amide bonds. The number of ether oxygens (including phenoxy) is 1. The highest BCUT2D eigenvalue weighted by Gasteiger charge is 2.69. The normalized spacial score (nSPS) is 26.1. The van der Waals surface area contributed by atoms with E-state index in [1.54, 1.807) is 18.1 Å². The molecule has 2 aromatic carbocycles. The number of benzene rings is 2. The molecule has 0 radical (unpaired) electrons. The van der Waals surface area contributed by atoms with Crippen LogP contribution in [-0.2, 0) is 19.7 Å². The topological polar surface area (TPSA) is 99.1 Å². The molecular weight excluding hydrogens is 624 g/mol. The first kappa shape index (κ1) is 32.2. The molecule has 2 aromatic rings. The van der Waals surface area contributed by atoms with Gasteiger partial charge in [-0.15, -0.1) is 0 Å². The maximum atomic E-state index is 14.1. The van der Waals surface area contributed by atoms with Crippen molar-refractivity contribution in [2.45, 2.75) is 82.0 Å². The van der Waals surface area contributed by atoms with Gasteiger partial charge in [0.1, 0.15) is 5.41 Å². The minimum Gasteiger partial charge on any atom is -0.394 e. The molecule has 1 aliphatic carbocycles. The number of halogens is 2. The highest BCUT2D eigenvalue weighted by Crippen LogP contribution is 2.64. The number of nitrogens with one attached hydrogen (secondary N) is 1. The van der Waals surface area contributed by atoms with Gasteiger partial charge in [0.15, 0.2) is 0 Å². The molecule has 41 heavy (non-hydrogen) atoms. The second-order valence-electron chi connectivity index (χ2n) is 13.0. The van der Waals surface area contributed by atoms with E-state index in [0.29, 0.717) is 10.7 Å². The molecule has 2 aliphatic heterocycles. The first-order valence-electron chi connectivity index (χ1n) is 14.2. The summed E-state index contributed by atoms with van der Waals surface area (Å²) in [5.41, 5.74) is 1.59. The van der Waals surface area contributed by atoms with Gasteiger partial charge < -0.3 is 25.2 Å². The van der Waals surface area contributed by atoms with Gasteiger partial charge in [-0.1, -0.05) is 72.3 Å².